The third-order valence-electron chi connectivity index (χ3n) is 4.25. The third-order valence-corrected chi connectivity index (χ3v) is 4.25. The van der Waals surface area contributed by atoms with Crippen molar-refractivity contribution in [1.29, 1.82) is 0 Å². The monoisotopic (exact) mass is 408 g/mol. The van der Waals surface area contributed by atoms with Crippen LogP contribution in [0.2, 0.25) is 0 Å². The van der Waals surface area contributed by atoms with Gasteiger partial charge in [-0.3, -0.25) is 4.79 Å². The molecule has 0 aromatic heterocycles. The summed E-state index contributed by atoms with van der Waals surface area (Å²) in [5.74, 6) is -0.670. The van der Waals surface area contributed by atoms with Gasteiger partial charge in [0.2, 0.25) is 0 Å². The number of hydrogen-bond donors (Lipinski definition) is 7. The van der Waals surface area contributed by atoms with Gasteiger partial charge in [-0.15, -0.1) is 13.2 Å². The largest absolute Gasteiger partial charge is 0.481 e. The summed E-state index contributed by atoms with van der Waals surface area (Å²) < 4.78 is 0. The van der Waals surface area contributed by atoms with Crippen molar-refractivity contribution < 1.29 is 40.5 Å². The molecule has 0 aliphatic carbocycles. The average molecular weight is 409 g/mol. The fourth-order valence-corrected chi connectivity index (χ4v) is 1.57. The standard InChI is InChI=1S/C8H16O2.2C6H12O3/c1-2-3-4-5-6-7-8(9)10;2*1-2-6(3-7,4-8)5-9/h2-7H2,1H3,(H,9,10);2*2,7-9H,1,3-5H2. The highest BCUT2D eigenvalue weighted by atomic mass is 16.4. The Hall–Kier alpha value is -1.29. The first-order chi connectivity index (χ1) is 13.3. The Kier molecular flexibility index (Phi) is 22.9. The minimum Gasteiger partial charge on any atom is -0.481 e. The van der Waals surface area contributed by atoms with E-state index in [2.05, 4.69) is 20.1 Å². The van der Waals surface area contributed by atoms with Gasteiger partial charge in [0.25, 0.3) is 0 Å². The van der Waals surface area contributed by atoms with E-state index in [1.54, 1.807) is 0 Å². The molecular weight excluding hydrogens is 368 g/mol. The SMILES string of the molecule is C=CC(CO)(CO)CO.C=CC(CO)(CO)CO.CCCCCCCC(=O)O. The molecular formula is C20H40O8. The van der Waals surface area contributed by atoms with Crippen LogP contribution in [0.5, 0.6) is 0 Å². The number of carboxylic acids is 1. The van der Waals surface area contributed by atoms with Gasteiger partial charge in [0.1, 0.15) is 0 Å². The van der Waals surface area contributed by atoms with Gasteiger partial charge in [0, 0.05) is 6.42 Å². The van der Waals surface area contributed by atoms with E-state index in [0.29, 0.717) is 6.42 Å². The van der Waals surface area contributed by atoms with Gasteiger partial charge in [0.15, 0.2) is 0 Å². The van der Waals surface area contributed by atoms with Crippen LogP contribution in [-0.4, -0.2) is 81.4 Å². The van der Waals surface area contributed by atoms with Crippen LogP contribution >= 0.6 is 0 Å². The molecule has 0 aromatic rings. The molecule has 28 heavy (non-hydrogen) atoms. The quantitative estimate of drug-likeness (QED) is 0.163. The molecule has 0 rings (SSSR count). The van der Waals surface area contributed by atoms with E-state index in [1.165, 1.54) is 31.4 Å². The lowest BCUT2D eigenvalue weighted by Crippen LogP contribution is -2.31. The fraction of sp³-hybridized carbons (Fsp3) is 0.750. The molecule has 7 N–H and O–H groups in total. The van der Waals surface area contributed by atoms with Gasteiger partial charge in [-0.05, 0) is 6.42 Å². The highest BCUT2D eigenvalue weighted by Gasteiger charge is 2.23. The molecule has 0 saturated carbocycles. The summed E-state index contributed by atoms with van der Waals surface area (Å²) >= 11 is 0. The van der Waals surface area contributed by atoms with Crippen molar-refractivity contribution >= 4 is 5.97 Å². The van der Waals surface area contributed by atoms with Crippen molar-refractivity contribution in [3.05, 3.63) is 25.3 Å². The predicted molar refractivity (Wildman–Crippen MR) is 109 cm³/mol. The zero-order valence-electron chi connectivity index (χ0n) is 17.1. The number of aliphatic hydroxyl groups is 6. The Balaban J connectivity index is -0.000000336. The van der Waals surface area contributed by atoms with E-state index >= 15 is 0 Å². The van der Waals surface area contributed by atoms with Crippen LogP contribution in [0.25, 0.3) is 0 Å². The molecule has 0 heterocycles. The second kappa shape index (κ2) is 20.4. The molecule has 0 aliphatic rings. The number of carboxylic acid groups (broad SMARTS) is 1. The summed E-state index contributed by atoms with van der Waals surface area (Å²) in [5, 5.41) is 59.8. The first-order valence-corrected chi connectivity index (χ1v) is 9.40. The van der Waals surface area contributed by atoms with Crippen molar-refractivity contribution in [1.82, 2.24) is 0 Å². The molecule has 8 nitrogen and oxygen atoms in total. The Labute approximate surface area is 168 Å². The lowest BCUT2D eigenvalue weighted by Gasteiger charge is -2.21. The Morgan fingerprint density at radius 2 is 1.04 bits per heavy atom. The maximum absolute atomic E-state index is 10.0. The van der Waals surface area contributed by atoms with Crippen molar-refractivity contribution in [2.45, 2.75) is 45.4 Å². The van der Waals surface area contributed by atoms with E-state index < -0.39 is 16.8 Å². The number of carbonyl (C=O) groups is 1. The Bertz CT molecular complexity index is 336. The first-order valence-electron chi connectivity index (χ1n) is 9.40. The number of aliphatic hydroxyl groups excluding tert-OH is 6. The molecule has 0 aromatic carbocycles. The van der Waals surface area contributed by atoms with E-state index in [4.69, 9.17) is 35.7 Å². The van der Waals surface area contributed by atoms with E-state index in [9.17, 15) is 4.79 Å². The van der Waals surface area contributed by atoms with Gasteiger partial charge in [0.05, 0.1) is 50.5 Å². The Morgan fingerprint density at radius 1 is 0.714 bits per heavy atom. The second-order valence-corrected chi connectivity index (χ2v) is 6.64. The minimum absolute atomic E-state index is 0.274. The fourth-order valence-electron chi connectivity index (χ4n) is 1.57. The summed E-state index contributed by atoms with van der Waals surface area (Å²) in [7, 11) is 0. The summed E-state index contributed by atoms with van der Waals surface area (Å²) in [5.41, 5.74) is -1.81. The third kappa shape index (κ3) is 15.7. The van der Waals surface area contributed by atoms with Crippen LogP contribution in [0.4, 0.5) is 0 Å². The molecule has 168 valence electrons. The average Bonchev–Trinajstić information content (AvgIpc) is 2.73. The van der Waals surface area contributed by atoms with Crippen molar-refractivity contribution in [3.63, 3.8) is 0 Å². The molecule has 0 saturated heterocycles. The minimum atomic E-state index is -0.903. The van der Waals surface area contributed by atoms with Crippen LogP contribution in [0.15, 0.2) is 25.3 Å². The molecule has 0 bridgehead atoms. The molecule has 8 heteroatoms. The van der Waals surface area contributed by atoms with E-state index in [0.717, 1.165) is 12.8 Å². The van der Waals surface area contributed by atoms with Gasteiger partial charge < -0.3 is 35.7 Å². The smallest absolute Gasteiger partial charge is 0.303 e. The summed E-state index contributed by atoms with van der Waals surface area (Å²) in [6.45, 7) is 7.24. The molecule has 0 radical (unpaired) electrons. The second-order valence-electron chi connectivity index (χ2n) is 6.64. The zero-order valence-corrected chi connectivity index (χ0v) is 17.1. The zero-order chi connectivity index (χ0) is 22.5. The molecule has 0 amide bonds. The van der Waals surface area contributed by atoms with Crippen LogP contribution in [0.3, 0.4) is 0 Å². The highest BCUT2D eigenvalue weighted by molar-refractivity contribution is 5.66. The molecule has 0 unspecified atom stereocenters. The van der Waals surface area contributed by atoms with Crippen molar-refractivity contribution in [2.75, 3.05) is 39.6 Å². The topological polar surface area (TPSA) is 159 Å². The highest BCUT2D eigenvalue weighted by Crippen LogP contribution is 2.15. The lowest BCUT2D eigenvalue weighted by atomic mass is 9.92. The normalized spacial score (nSPS) is 10.8. The van der Waals surface area contributed by atoms with Crippen molar-refractivity contribution in [2.24, 2.45) is 10.8 Å². The van der Waals surface area contributed by atoms with Crippen molar-refractivity contribution in [3.8, 4) is 0 Å². The molecule has 0 fully saturated rings. The van der Waals surface area contributed by atoms with Crippen LogP contribution < -0.4 is 0 Å². The van der Waals surface area contributed by atoms with Crippen LogP contribution in [0.1, 0.15) is 45.4 Å². The number of rotatable bonds is 14. The molecule has 0 atom stereocenters. The number of hydrogen-bond acceptors (Lipinski definition) is 7. The maximum atomic E-state index is 10.0. The number of unbranched alkanes of at least 4 members (excludes halogenated alkanes) is 4. The summed E-state index contributed by atoms with van der Waals surface area (Å²) in [4.78, 5) is 10.0. The first kappa shape index (κ1) is 31.4. The van der Waals surface area contributed by atoms with Crippen LogP contribution in [0, 0.1) is 10.8 Å². The van der Waals surface area contributed by atoms with E-state index in [1.807, 2.05) is 0 Å². The number of aliphatic carboxylic acids is 1. The summed E-state index contributed by atoms with van der Waals surface area (Å²) in [6, 6.07) is 0. The lowest BCUT2D eigenvalue weighted by molar-refractivity contribution is -0.137. The molecule has 0 spiro atoms. The van der Waals surface area contributed by atoms with Crippen LogP contribution in [-0.2, 0) is 4.79 Å². The Morgan fingerprint density at radius 3 is 1.21 bits per heavy atom. The van der Waals surface area contributed by atoms with Gasteiger partial charge in [-0.2, -0.15) is 0 Å². The van der Waals surface area contributed by atoms with Gasteiger partial charge in [-0.25, -0.2) is 0 Å². The van der Waals surface area contributed by atoms with E-state index in [-0.39, 0.29) is 39.6 Å². The predicted octanol–water partition coefficient (Wildman–Crippen LogP) is 0.703. The maximum Gasteiger partial charge on any atom is 0.303 e. The van der Waals surface area contributed by atoms with Gasteiger partial charge in [-0.1, -0.05) is 44.8 Å². The molecule has 0 aliphatic heterocycles. The summed E-state index contributed by atoms with van der Waals surface area (Å²) in [6.07, 6.45) is 8.59. The van der Waals surface area contributed by atoms with Gasteiger partial charge >= 0.3 is 5.97 Å².